The number of nitrogens with one attached hydrogen (secondary N) is 1. The van der Waals surface area contributed by atoms with Crippen molar-refractivity contribution in [1.29, 1.82) is 0 Å². The van der Waals surface area contributed by atoms with Gasteiger partial charge in [0.25, 0.3) is 5.91 Å². The Labute approximate surface area is 135 Å². The van der Waals surface area contributed by atoms with Gasteiger partial charge in [-0.15, -0.1) is 0 Å². The highest BCUT2D eigenvalue weighted by Crippen LogP contribution is 2.34. The van der Waals surface area contributed by atoms with E-state index in [1.165, 1.54) is 13.8 Å². The van der Waals surface area contributed by atoms with Gasteiger partial charge in [-0.25, -0.2) is 4.79 Å². The van der Waals surface area contributed by atoms with E-state index in [9.17, 15) is 9.59 Å². The normalized spacial score (nSPS) is 11.8. The number of carboxylic acids is 1. The van der Waals surface area contributed by atoms with Crippen LogP contribution >= 0.6 is 47.8 Å². The average molecular weight is 456 g/mol. The number of anilines is 1. The van der Waals surface area contributed by atoms with Crippen molar-refractivity contribution in [1.82, 2.24) is 0 Å². The smallest absolute Gasteiger partial charge is 0.331 e. The van der Waals surface area contributed by atoms with Gasteiger partial charge in [0.15, 0.2) is 0 Å². The maximum Gasteiger partial charge on any atom is 0.331 e. The molecule has 0 atom stereocenters. The molecule has 0 radical (unpaired) electrons. The summed E-state index contributed by atoms with van der Waals surface area (Å²) in [4.78, 5) is 22.8. The number of halogens is 3. The number of carboxylic acid groups (broad SMARTS) is 1. The molecular formula is C12H10Br3NO3. The van der Waals surface area contributed by atoms with E-state index in [1.54, 1.807) is 12.1 Å². The summed E-state index contributed by atoms with van der Waals surface area (Å²) in [6.45, 7) is 2.86. The van der Waals surface area contributed by atoms with E-state index in [1.807, 2.05) is 0 Å². The number of carbonyl (C=O) groups excluding carboxylic acids is 1. The maximum atomic E-state index is 12.0. The molecule has 0 aliphatic rings. The first kappa shape index (κ1) is 16.4. The molecule has 102 valence electrons. The molecule has 0 bridgehead atoms. The van der Waals surface area contributed by atoms with Crippen LogP contribution in [0.5, 0.6) is 0 Å². The van der Waals surface area contributed by atoms with Gasteiger partial charge in [-0.05, 0) is 57.8 Å². The highest BCUT2D eigenvalue weighted by atomic mass is 79.9. The van der Waals surface area contributed by atoms with E-state index in [0.717, 1.165) is 4.47 Å². The lowest BCUT2D eigenvalue weighted by Gasteiger charge is -2.11. The Morgan fingerprint density at radius 3 is 1.95 bits per heavy atom. The topological polar surface area (TPSA) is 66.4 Å². The SMILES string of the molecule is CC(C(=O)O)=C(C)C(=O)Nc1c(Br)cc(Br)cc1Br. The van der Waals surface area contributed by atoms with Crippen LogP contribution in [0.1, 0.15) is 13.8 Å². The molecule has 1 amide bonds. The van der Waals surface area contributed by atoms with E-state index in [4.69, 9.17) is 5.11 Å². The third-order valence-corrected chi connectivity index (χ3v) is 4.18. The minimum Gasteiger partial charge on any atom is -0.478 e. The summed E-state index contributed by atoms with van der Waals surface area (Å²) in [6, 6.07) is 3.56. The van der Waals surface area contributed by atoms with Gasteiger partial charge in [-0.3, -0.25) is 4.79 Å². The molecule has 1 aromatic carbocycles. The first-order chi connectivity index (χ1) is 8.73. The van der Waals surface area contributed by atoms with Crippen LogP contribution in [0.15, 0.2) is 36.7 Å². The quantitative estimate of drug-likeness (QED) is 0.666. The molecule has 1 aromatic rings. The molecular weight excluding hydrogens is 446 g/mol. The summed E-state index contributed by atoms with van der Waals surface area (Å²) in [5, 5.41) is 11.5. The fourth-order valence-electron chi connectivity index (χ4n) is 1.20. The molecule has 0 heterocycles. The van der Waals surface area contributed by atoms with Crippen LogP contribution in [0.4, 0.5) is 5.69 Å². The van der Waals surface area contributed by atoms with Crippen LogP contribution < -0.4 is 5.32 Å². The van der Waals surface area contributed by atoms with E-state index < -0.39 is 11.9 Å². The minimum atomic E-state index is -1.11. The Morgan fingerprint density at radius 2 is 1.53 bits per heavy atom. The van der Waals surface area contributed by atoms with Crippen molar-refractivity contribution >= 4 is 65.4 Å². The lowest BCUT2D eigenvalue weighted by atomic mass is 10.1. The van der Waals surface area contributed by atoms with Crippen molar-refractivity contribution < 1.29 is 14.7 Å². The summed E-state index contributed by atoms with van der Waals surface area (Å²) in [5.74, 6) is -1.56. The number of hydrogen-bond acceptors (Lipinski definition) is 2. The molecule has 4 nitrogen and oxygen atoms in total. The fourth-order valence-corrected chi connectivity index (χ4v) is 3.66. The zero-order valence-electron chi connectivity index (χ0n) is 10.1. The fraction of sp³-hybridized carbons (Fsp3) is 0.167. The molecule has 0 saturated carbocycles. The molecule has 19 heavy (non-hydrogen) atoms. The average Bonchev–Trinajstić information content (AvgIpc) is 2.31. The second-order valence-electron chi connectivity index (χ2n) is 3.75. The highest BCUT2D eigenvalue weighted by Gasteiger charge is 2.15. The van der Waals surface area contributed by atoms with Crippen LogP contribution in [0.25, 0.3) is 0 Å². The monoisotopic (exact) mass is 453 g/mol. The largest absolute Gasteiger partial charge is 0.478 e. The van der Waals surface area contributed by atoms with Crippen molar-refractivity contribution in [3.63, 3.8) is 0 Å². The number of hydrogen-bond donors (Lipinski definition) is 2. The van der Waals surface area contributed by atoms with Crippen LogP contribution in [0.2, 0.25) is 0 Å². The van der Waals surface area contributed by atoms with Gasteiger partial charge < -0.3 is 10.4 Å². The van der Waals surface area contributed by atoms with Crippen LogP contribution in [-0.4, -0.2) is 17.0 Å². The van der Waals surface area contributed by atoms with Gasteiger partial charge >= 0.3 is 5.97 Å². The molecule has 0 aliphatic carbocycles. The summed E-state index contributed by atoms with van der Waals surface area (Å²) in [5.41, 5.74) is 0.724. The standard InChI is InChI=1S/C12H10Br3NO3/c1-5(6(2)12(18)19)11(17)16-10-8(14)3-7(13)4-9(10)15/h3-4H,1-2H3,(H,16,17)(H,18,19). The maximum absolute atomic E-state index is 12.0. The molecule has 0 spiro atoms. The number of carbonyl (C=O) groups is 2. The van der Waals surface area contributed by atoms with Crippen molar-refractivity contribution in [2.24, 2.45) is 0 Å². The van der Waals surface area contributed by atoms with E-state index in [-0.39, 0.29) is 11.1 Å². The summed E-state index contributed by atoms with van der Waals surface area (Å²) < 4.78 is 2.21. The van der Waals surface area contributed by atoms with Crippen molar-refractivity contribution in [3.8, 4) is 0 Å². The van der Waals surface area contributed by atoms with Crippen LogP contribution in [0, 0.1) is 0 Å². The predicted molar refractivity (Wildman–Crippen MR) is 84.2 cm³/mol. The lowest BCUT2D eigenvalue weighted by molar-refractivity contribution is -0.133. The Hall–Kier alpha value is -0.660. The number of aliphatic carboxylic acids is 1. The second kappa shape index (κ2) is 6.67. The summed E-state index contributed by atoms with van der Waals surface area (Å²) in [7, 11) is 0. The molecule has 0 aliphatic heterocycles. The second-order valence-corrected chi connectivity index (χ2v) is 6.38. The van der Waals surface area contributed by atoms with E-state index >= 15 is 0 Å². The number of rotatable bonds is 3. The van der Waals surface area contributed by atoms with E-state index in [0.29, 0.717) is 14.6 Å². The van der Waals surface area contributed by atoms with Crippen LogP contribution in [0.3, 0.4) is 0 Å². The first-order valence-electron chi connectivity index (χ1n) is 5.10. The number of benzene rings is 1. The van der Waals surface area contributed by atoms with Crippen LogP contribution in [-0.2, 0) is 9.59 Å². The van der Waals surface area contributed by atoms with Gasteiger partial charge in [0.1, 0.15) is 0 Å². The van der Waals surface area contributed by atoms with Gasteiger partial charge in [-0.2, -0.15) is 0 Å². The summed E-state index contributed by atoms with van der Waals surface area (Å²) >= 11 is 9.99. The molecule has 0 aromatic heterocycles. The zero-order chi connectivity index (χ0) is 14.7. The lowest BCUT2D eigenvalue weighted by Crippen LogP contribution is -2.16. The number of amides is 1. The Morgan fingerprint density at radius 1 is 1.05 bits per heavy atom. The molecule has 7 heteroatoms. The molecule has 0 saturated heterocycles. The highest BCUT2D eigenvalue weighted by molar-refractivity contribution is 9.11. The van der Waals surface area contributed by atoms with Gasteiger partial charge in [-0.1, -0.05) is 15.9 Å². The Bertz CT molecular complexity index is 559. The van der Waals surface area contributed by atoms with Crippen molar-refractivity contribution in [2.75, 3.05) is 5.32 Å². The Kier molecular flexibility index (Phi) is 5.76. The van der Waals surface area contributed by atoms with E-state index in [2.05, 4.69) is 53.1 Å². The minimum absolute atomic E-state index is 0.0156. The molecule has 0 unspecified atom stereocenters. The Balaban J connectivity index is 3.08. The van der Waals surface area contributed by atoms with Gasteiger partial charge in [0, 0.05) is 24.6 Å². The van der Waals surface area contributed by atoms with Crippen molar-refractivity contribution in [3.05, 3.63) is 36.7 Å². The van der Waals surface area contributed by atoms with Gasteiger partial charge in [0.05, 0.1) is 5.69 Å². The first-order valence-corrected chi connectivity index (χ1v) is 7.48. The van der Waals surface area contributed by atoms with Gasteiger partial charge in [0.2, 0.25) is 0 Å². The predicted octanol–water partition coefficient (Wildman–Crippen LogP) is 4.33. The summed E-state index contributed by atoms with van der Waals surface area (Å²) in [6.07, 6.45) is 0. The zero-order valence-corrected chi connectivity index (χ0v) is 14.8. The molecule has 2 N–H and O–H groups in total. The third kappa shape index (κ3) is 4.15. The molecule has 0 fully saturated rings. The van der Waals surface area contributed by atoms with Crippen molar-refractivity contribution in [2.45, 2.75) is 13.8 Å². The molecule has 1 rings (SSSR count). The third-order valence-electron chi connectivity index (χ3n) is 2.47.